The summed E-state index contributed by atoms with van der Waals surface area (Å²) in [6.45, 7) is 0. The average molecular weight is 306 g/mol. The van der Waals surface area contributed by atoms with Crippen LogP contribution in [-0.2, 0) is 9.05 Å². The number of rotatable bonds is 1. The lowest BCUT2D eigenvalue weighted by atomic mass is 10.1. The van der Waals surface area contributed by atoms with E-state index < -0.39 is 9.05 Å². The van der Waals surface area contributed by atoms with Crippen LogP contribution >= 0.6 is 26.6 Å². The maximum atomic E-state index is 11.3. The van der Waals surface area contributed by atoms with Gasteiger partial charge in [-0.05, 0) is 17.5 Å². The summed E-state index contributed by atoms with van der Waals surface area (Å²) < 4.78 is 23.4. The molecule has 0 unspecified atom stereocenters. The molecule has 2 aromatic carbocycles. The fourth-order valence-electron chi connectivity index (χ4n) is 1.47. The van der Waals surface area contributed by atoms with Crippen LogP contribution in [0.1, 0.15) is 0 Å². The van der Waals surface area contributed by atoms with Gasteiger partial charge in [-0.15, -0.1) is 0 Å². The summed E-state index contributed by atoms with van der Waals surface area (Å²) in [6, 6.07) is 10.5. The third kappa shape index (κ3) is 2.02. The molecule has 0 bridgehead atoms. The van der Waals surface area contributed by atoms with E-state index in [-0.39, 0.29) is 4.90 Å². The van der Waals surface area contributed by atoms with E-state index >= 15 is 0 Å². The molecule has 0 fully saturated rings. The lowest BCUT2D eigenvalue weighted by Gasteiger charge is -2.04. The second kappa shape index (κ2) is 3.77. The quantitative estimate of drug-likeness (QED) is 0.755. The van der Waals surface area contributed by atoms with E-state index in [0.29, 0.717) is 5.39 Å². The third-order valence-corrected chi connectivity index (χ3v) is 4.10. The number of fused-ring (bicyclic) bond motifs is 1. The van der Waals surface area contributed by atoms with Gasteiger partial charge in [-0.1, -0.05) is 40.2 Å². The second-order valence-electron chi connectivity index (χ2n) is 3.03. The van der Waals surface area contributed by atoms with E-state index in [9.17, 15) is 8.42 Å². The van der Waals surface area contributed by atoms with Crippen molar-refractivity contribution < 1.29 is 8.42 Å². The van der Waals surface area contributed by atoms with Crippen molar-refractivity contribution in [3.8, 4) is 0 Å². The molecule has 0 aromatic heterocycles. The predicted octanol–water partition coefficient (Wildman–Crippen LogP) is 3.53. The zero-order valence-corrected chi connectivity index (χ0v) is 10.6. The molecule has 0 saturated heterocycles. The number of halogens is 2. The Bertz CT molecular complexity index is 617. The van der Waals surface area contributed by atoms with Crippen LogP contribution in [0.25, 0.3) is 10.8 Å². The topological polar surface area (TPSA) is 34.1 Å². The van der Waals surface area contributed by atoms with E-state index in [1.807, 2.05) is 18.2 Å². The molecular formula is C10H6BrClO2S. The Labute approximate surface area is 100 Å². The fraction of sp³-hybridized carbons (Fsp3) is 0. The highest BCUT2D eigenvalue weighted by atomic mass is 79.9. The van der Waals surface area contributed by atoms with E-state index in [1.54, 1.807) is 12.1 Å². The van der Waals surface area contributed by atoms with Crippen molar-refractivity contribution in [1.82, 2.24) is 0 Å². The smallest absolute Gasteiger partial charge is 0.207 e. The predicted molar refractivity (Wildman–Crippen MR) is 64.7 cm³/mol. The highest BCUT2D eigenvalue weighted by Crippen LogP contribution is 2.31. The Balaban J connectivity index is 2.99. The summed E-state index contributed by atoms with van der Waals surface area (Å²) in [7, 11) is 1.65. The Morgan fingerprint density at radius 3 is 2.27 bits per heavy atom. The van der Waals surface area contributed by atoms with Crippen molar-refractivity contribution >= 4 is 46.4 Å². The van der Waals surface area contributed by atoms with Gasteiger partial charge in [-0.2, -0.15) is 0 Å². The van der Waals surface area contributed by atoms with Crippen LogP contribution in [0.2, 0.25) is 0 Å². The Morgan fingerprint density at radius 1 is 1.07 bits per heavy atom. The van der Waals surface area contributed by atoms with Crippen molar-refractivity contribution in [3.63, 3.8) is 0 Å². The van der Waals surface area contributed by atoms with Crippen LogP contribution in [0.3, 0.4) is 0 Å². The largest absolute Gasteiger partial charge is 0.261 e. The minimum absolute atomic E-state index is 0.133. The van der Waals surface area contributed by atoms with E-state index in [1.165, 1.54) is 6.07 Å². The standard InChI is InChI=1S/C10H6BrClO2S/c11-8-5-1-3-7-4-2-6-9(10(7)8)15(12,13)14/h1-6H. The van der Waals surface area contributed by atoms with Crippen molar-refractivity contribution in [1.29, 1.82) is 0 Å². The van der Waals surface area contributed by atoms with Gasteiger partial charge < -0.3 is 0 Å². The molecule has 0 saturated carbocycles. The summed E-state index contributed by atoms with van der Waals surface area (Å²) in [5, 5.41) is 1.46. The monoisotopic (exact) mass is 304 g/mol. The molecule has 15 heavy (non-hydrogen) atoms. The molecule has 5 heteroatoms. The highest BCUT2D eigenvalue weighted by Gasteiger charge is 2.15. The molecule has 0 spiro atoms. The molecule has 2 nitrogen and oxygen atoms in total. The first-order valence-electron chi connectivity index (χ1n) is 4.12. The van der Waals surface area contributed by atoms with Crippen LogP contribution in [0.15, 0.2) is 45.8 Å². The highest BCUT2D eigenvalue weighted by molar-refractivity contribution is 9.10. The first-order valence-corrected chi connectivity index (χ1v) is 7.22. The van der Waals surface area contributed by atoms with E-state index in [0.717, 1.165) is 9.86 Å². The number of hydrogen-bond acceptors (Lipinski definition) is 2. The van der Waals surface area contributed by atoms with Crippen molar-refractivity contribution in [3.05, 3.63) is 40.9 Å². The summed E-state index contributed by atoms with van der Waals surface area (Å²) >= 11 is 3.32. The molecule has 2 rings (SSSR count). The van der Waals surface area contributed by atoms with Crippen LogP contribution in [0.4, 0.5) is 0 Å². The molecule has 2 aromatic rings. The zero-order valence-electron chi connectivity index (χ0n) is 7.44. The van der Waals surface area contributed by atoms with Gasteiger partial charge in [0.2, 0.25) is 0 Å². The van der Waals surface area contributed by atoms with Crippen LogP contribution < -0.4 is 0 Å². The molecule has 0 atom stereocenters. The first-order chi connectivity index (χ1) is 7.00. The Morgan fingerprint density at radius 2 is 1.67 bits per heavy atom. The number of hydrogen-bond donors (Lipinski definition) is 0. The lowest BCUT2D eigenvalue weighted by Crippen LogP contribution is -1.92. The van der Waals surface area contributed by atoms with Crippen LogP contribution in [0.5, 0.6) is 0 Å². The molecule has 0 heterocycles. The third-order valence-electron chi connectivity index (χ3n) is 2.08. The van der Waals surface area contributed by atoms with Gasteiger partial charge in [-0.3, -0.25) is 0 Å². The van der Waals surface area contributed by atoms with Gasteiger partial charge in [0.1, 0.15) is 0 Å². The molecule has 0 aliphatic carbocycles. The second-order valence-corrected chi connectivity index (χ2v) is 6.42. The minimum atomic E-state index is -3.71. The van der Waals surface area contributed by atoms with Crippen molar-refractivity contribution in [2.24, 2.45) is 0 Å². The van der Waals surface area contributed by atoms with Gasteiger partial charge >= 0.3 is 0 Å². The van der Waals surface area contributed by atoms with Crippen LogP contribution in [-0.4, -0.2) is 8.42 Å². The first kappa shape index (κ1) is 10.9. The fourth-order valence-corrected chi connectivity index (χ4v) is 3.29. The summed E-state index contributed by atoms with van der Waals surface area (Å²) in [4.78, 5) is 0.133. The van der Waals surface area contributed by atoms with E-state index in [4.69, 9.17) is 10.7 Å². The number of benzene rings is 2. The Hall–Kier alpha value is -0.580. The summed E-state index contributed by atoms with van der Waals surface area (Å²) in [5.41, 5.74) is 0. The van der Waals surface area contributed by atoms with Gasteiger partial charge in [-0.25, -0.2) is 8.42 Å². The zero-order chi connectivity index (χ0) is 11.1. The molecule has 0 aliphatic rings. The normalized spacial score (nSPS) is 11.9. The molecule has 78 valence electrons. The van der Waals surface area contributed by atoms with E-state index in [2.05, 4.69) is 15.9 Å². The van der Waals surface area contributed by atoms with Gasteiger partial charge in [0.05, 0.1) is 4.90 Å². The van der Waals surface area contributed by atoms with Gasteiger partial charge in [0, 0.05) is 20.5 Å². The van der Waals surface area contributed by atoms with Crippen LogP contribution in [0, 0.1) is 0 Å². The van der Waals surface area contributed by atoms with Gasteiger partial charge in [0.25, 0.3) is 9.05 Å². The van der Waals surface area contributed by atoms with Crippen molar-refractivity contribution in [2.75, 3.05) is 0 Å². The molecule has 0 radical (unpaired) electrons. The summed E-state index contributed by atoms with van der Waals surface area (Å²) in [5.74, 6) is 0. The molecule has 0 N–H and O–H groups in total. The lowest BCUT2D eigenvalue weighted by molar-refractivity contribution is 0.610. The summed E-state index contributed by atoms with van der Waals surface area (Å²) in [6.07, 6.45) is 0. The molecular weight excluding hydrogens is 300 g/mol. The average Bonchev–Trinajstić information content (AvgIpc) is 2.16. The SMILES string of the molecule is O=S(=O)(Cl)c1cccc2cccc(Br)c12. The molecule has 0 amide bonds. The van der Waals surface area contributed by atoms with Gasteiger partial charge in [0.15, 0.2) is 0 Å². The minimum Gasteiger partial charge on any atom is -0.207 e. The van der Waals surface area contributed by atoms with Crippen molar-refractivity contribution in [2.45, 2.75) is 4.90 Å². The molecule has 0 aliphatic heterocycles. The maximum Gasteiger partial charge on any atom is 0.261 e. The Kier molecular flexibility index (Phi) is 2.75. The maximum absolute atomic E-state index is 11.3.